The Morgan fingerprint density at radius 1 is 0.875 bits per heavy atom. The highest BCUT2D eigenvalue weighted by Crippen LogP contribution is 2.14. The van der Waals surface area contributed by atoms with Crippen LogP contribution in [-0.4, -0.2) is 12.5 Å². The molecule has 5 heteroatoms. The van der Waals surface area contributed by atoms with Gasteiger partial charge in [0.25, 0.3) is 0 Å². The number of carbonyl (C=O) groups excluding carboxylic acids is 1. The summed E-state index contributed by atoms with van der Waals surface area (Å²) in [5, 5.41) is 2.96. The molecule has 0 aliphatic carbocycles. The predicted molar refractivity (Wildman–Crippen MR) is 131 cm³/mol. The molecular weight excluding hydrogens is 402 g/mol. The fourth-order valence-electron chi connectivity index (χ4n) is 3.60. The lowest BCUT2D eigenvalue weighted by Gasteiger charge is -2.05. The first kappa shape index (κ1) is 25.7. The Balaban J connectivity index is 1.41. The van der Waals surface area contributed by atoms with Crippen LogP contribution < -0.4 is 11.1 Å². The Kier molecular flexibility index (Phi) is 13.0. The van der Waals surface area contributed by atoms with Crippen molar-refractivity contribution in [2.45, 2.75) is 90.4 Å². The van der Waals surface area contributed by atoms with Crippen LogP contribution in [0.15, 0.2) is 56.1 Å². The van der Waals surface area contributed by atoms with E-state index >= 15 is 0 Å². The number of amides is 1. The minimum absolute atomic E-state index is 0.103. The van der Waals surface area contributed by atoms with Crippen LogP contribution in [0.4, 0.5) is 0 Å². The molecule has 0 fully saturated rings. The van der Waals surface area contributed by atoms with Gasteiger partial charge in [0.2, 0.25) is 5.91 Å². The largest absolute Gasteiger partial charge is 0.519 e. The van der Waals surface area contributed by atoms with E-state index in [2.05, 4.69) is 36.5 Å². The van der Waals surface area contributed by atoms with Gasteiger partial charge < -0.3 is 14.2 Å². The van der Waals surface area contributed by atoms with Crippen molar-refractivity contribution in [2.75, 3.05) is 6.54 Å². The molecule has 1 N–H and O–H groups in total. The van der Waals surface area contributed by atoms with Gasteiger partial charge in [0.1, 0.15) is 0 Å². The lowest BCUT2D eigenvalue weighted by Crippen LogP contribution is -2.25. The average Bonchev–Trinajstić information content (AvgIpc) is 3.15. The van der Waals surface area contributed by atoms with Gasteiger partial charge in [-0.3, -0.25) is 4.79 Å². The van der Waals surface area contributed by atoms with Crippen molar-refractivity contribution < 1.29 is 13.6 Å². The lowest BCUT2D eigenvalue weighted by atomic mass is 10.1. The molecule has 1 amide bonds. The van der Waals surface area contributed by atoms with E-state index < -0.39 is 5.82 Å². The number of unbranched alkanes of at least 4 members (excludes halogenated alkanes) is 8. The molecule has 0 spiro atoms. The number of nitrogens with one attached hydrogen (secondary N) is 1. The molecule has 5 nitrogen and oxygen atoms in total. The number of carbonyl (C=O) groups is 1. The van der Waals surface area contributed by atoms with E-state index in [-0.39, 0.29) is 5.91 Å². The third kappa shape index (κ3) is 11.2. The SMILES string of the molecule is CCCCC/C=C\C/C=C\CCCCCCCC(=O)NCCc1ccc2oc(=O)oc2c1. The highest BCUT2D eigenvalue weighted by molar-refractivity contribution is 5.75. The third-order valence-electron chi connectivity index (χ3n) is 5.49. The second-order valence-electron chi connectivity index (χ2n) is 8.32. The summed E-state index contributed by atoms with van der Waals surface area (Å²) in [7, 11) is 0. The summed E-state index contributed by atoms with van der Waals surface area (Å²) in [5.74, 6) is -0.588. The second-order valence-corrected chi connectivity index (χ2v) is 8.32. The van der Waals surface area contributed by atoms with Gasteiger partial charge >= 0.3 is 5.82 Å². The molecule has 0 saturated heterocycles. The molecule has 32 heavy (non-hydrogen) atoms. The fraction of sp³-hybridized carbons (Fsp3) is 0.556. The van der Waals surface area contributed by atoms with E-state index in [1.165, 1.54) is 44.9 Å². The van der Waals surface area contributed by atoms with E-state index in [0.717, 1.165) is 31.2 Å². The molecule has 0 atom stereocenters. The zero-order valence-corrected chi connectivity index (χ0v) is 19.6. The molecule has 0 aliphatic rings. The van der Waals surface area contributed by atoms with Crippen molar-refractivity contribution in [3.05, 3.63) is 58.7 Å². The molecule has 0 saturated carbocycles. The molecule has 0 bridgehead atoms. The normalized spacial score (nSPS) is 11.8. The molecule has 1 heterocycles. The number of fused-ring (bicyclic) bond motifs is 1. The summed E-state index contributed by atoms with van der Waals surface area (Å²) >= 11 is 0. The summed E-state index contributed by atoms with van der Waals surface area (Å²) in [4.78, 5) is 23.1. The summed E-state index contributed by atoms with van der Waals surface area (Å²) in [5.41, 5.74) is 1.90. The average molecular weight is 442 g/mol. The number of rotatable bonds is 17. The maximum atomic E-state index is 12.0. The standard InChI is InChI=1S/C27H39NO4/c1-2-3-4-5-6-7-8-9-10-11-12-13-14-15-16-17-26(29)28-21-20-23-18-19-24-25(22-23)32-27(30)31-24/h6-7,9-10,18-19,22H,2-5,8,11-17,20-21H2,1H3,(H,28,29)/b7-6-,10-9-. The van der Waals surface area contributed by atoms with Crippen LogP contribution in [0.2, 0.25) is 0 Å². The van der Waals surface area contributed by atoms with Gasteiger partial charge in [0.05, 0.1) is 0 Å². The molecule has 176 valence electrons. The van der Waals surface area contributed by atoms with Crippen molar-refractivity contribution in [3.63, 3.8) is 0 Å². The Morgan fingerprint density at radius 2 is 1.56 bits per heavy atom. The molecule has 1 aromatic heterocycles. The van der Waals surface area contributed by atoms with Gasteiger partial charge in [0.15, 0.2) is 11.2 Å². The summed E-state index contributed by atoms with van der Waals surface area (Å²) in [6.07, 6.45) is 23.4. The minimum atomic E-state index is -0.692. The van der Waals surface area contributed by atoms with Crippen LogP contribution in [0.1, 0.15) is 89.5 Å². The van der Waals surface area contributed by atoms with E-state index in [0.29, 0.717) is 30.6 Å². The van der Waals surface area contributed by atoms with Crippen LogP contribution in [0.5, 0.6) is 0 Å². The van der Waals surface area contributed by atoms with Gasteiger partial charge in [-0.1, -0.05) is 69.4 Å². The van der Waals surface area contributed by atoms with Crippen molar-refractivity contribution >= 4 is 17.1 Å². The Hall–Kier alpha value is -2.56. The van der Waals surface area contributed by atoms with Crippen molar-refractivity contribution in [3.8, 4) is 0 Å². The first-order valence-corrected chi connectivity index (χ1v) is 12.3. The predicted octanol–water partition coefficient (Wildman–Crippen LogP) is 6.86. The van der Waals surface area contributed by atoms with Crippen LogP contribution in [0.25, 0.3) is 11.2 Å². The van der Waals surface area contributed by atoms with Gasteiger partial charge in [-0.25, -0.2) is 4.79 Å². The zero-order valence-electron chi connectivity index (χ0n) is 19.6. The highest BCUT2D eigenvalue weighted by Gasteiger charge is 2.05. The maximum Gasteiger partial charge on any atom is 0.519 e. The first-order chi connectivity index (χ1) is 15.7. The van der Waals surface area contributed by atoms with Gasteiger partial charge in [-0.2, -0.15) is 0 Å². The number of hydrogen-bond donors (Lipinski definition) is 1. The molecule has 0 unspecified atom stereocenters. The van der Waals surface area contributed by atoms with Crippen LogP contribution in [-0.2, 0) is 11.2 Å². The van der Waals surface area contributed by atoms with Crippen molar-refractivity contribution in [2.24, 2.45) is 0 Å². The molecular formula is C27H39NO4. The maximum absolute atomic E-state index is 12.0. The van der Waals surface area contributed by atoms with E-state index in [4.69, 9.17) is 8.83 Å². The van der Waals surface area contributed by atoms with Gasteiger partial charge in [-0.05, 0) is 62.6 Å². The van der Waals surface area contributed by atoms with Gasteiger partial charge in [0, 0.05) is 13.0 Å². The Bertz CT molecular complexity index is 890. The quantitative estimate of drug-likeness (QED) is 0.215. The van der Waals surface area contributed by atoms with E-state index in [1.807, 2.05) is 6.07 Å². The highest BCUT2D eigenvalue weighted by atomic mass is 16.6. The zero-order chi connectivity index (χ0) is 22.9. The third-order valence-corrected chi connectivity index (χ3v) is 5.49. The van der Waals surface area contributed by atoms with Crippen LogP contribution in [0.3, 0.4) is 0 Å². The molecule has 2 rings (SSSR count). The second kappa shape index (κ2) is 16.1. The number of allylic oxidation sites excluding steroid dienone is 4. The number of benzene rings is 1. The molecule has 2 aromatic rings. The Morgan fingerprint density at radius 3 is 2.34 bits per heavy atom. The molecule has 1 aromatic carbocycles. The lowest BCUT2D eigenvalue weighted by molar-refractivity contribution is -0.121. The van der Waals surface area contributed by atoms with E-state index in [9.17, 15) is 9.59 Å². The van der Waals surface area contributed by atoms with Crippen molar-refractivity contribution in [1.29, 1.82) is 0 Å². The van der Waals surface area contributed by atoms with Crippen LogP contribution in [0, 0.1) is 0 Å². The van der Waals surface area contributed by atoms with Crippen LogP contribution >= 0.6 is 0 Å². The van der Waals surface area contributed by atoms with Crippen molar-refractivity contribution in [1.82, 2.24) is 5.32 Å². The topological polar surface area (TPSA) is 72.5 Å². The summed E-state index contributed by atoms with van der Waals surface area (Å²) in [6.45, 7) is 2.81. The minimum Gasteiger partial charge on any atom is -0.391 e. The summed E-state index contributed by atoms with van der Waals surface area (Å²) < 4.78 is 9.84. The number of hydrogen-bond acceptors (Lipinski definition) is 4. The van der Waals surface area contributed by atoms with E-state index in [1.54, 1.807) is 12.1 Å². The monoisotopic (exact) mass is 441 g/mol. The molecule has 0 radical (unpaired) electrons. The fourth-order valence-corrected chi connectivity index (χ4v) is 3.60. The Labute approximate surface area is 192 Å². The van der Waals surface area contributed by atoms with Gasteiger partial charge in [-0.15, -0.1) is 0 Å². The smallest absolute Gasteiger partial charge is 0.391 e. The summed E-state index contributed by atoms with van der Waals surface area (Å²) in [6, 6.07) is 5.39. The first-order valence-electron chi connectivity index (χ1n) is 12.3. The molecule has 0 aliphatic heterocycles.